The van der Waals surface area contributed by atoms with Gasteiger partial charge >= 0.3 is 0 Å². The Morgan fingerprint density at radius 2 is 2.11 bits per heavy atom. The van der Waals surface area contributed by atoms with Crippen molar-refractivity contribution < 1.29 is 4.74 Å². The minimum atomic E-state index is 0.448. The van der Waals surface area contributed by atoms with Crippen molar-refractivity contribution in [1.29, 1.82) is 0 Å². The zero-order valence-corrected chi connectivity index (χ0v) is 11.5. The monoisotopic (exact) mass is 277 g/mol. The van der Waals surface area contributed by atoms with Crippen LogP contribution in [0.5, 0.6) is 11.6 Å². The summed E-state index contributed by atoms with van der Waals surface area (Å²) in [6, 6.07) is 7.29. The normalized spacial score (nSPS) is 10.4. The molecule has 4 nitrogen and oxygen atoms in total. The Hall–Kier alpha value is -1.65. The molecule has 0 bridgehead atoms. The first-order chi connectivity index (χ1) is 9.29. The van der Waals surface area contributed by atoms with Crippen molar-refractivity contribution in [2.75, 3.05) is 6.54 Å². The molecule has 2 rings (SSSR count). The van der Waals surface area contributed by atoms with E-state index in [0.717, 1.165) is 18.7 Å². The fraction of sp³-hybridized carbons (Fsp3) is 0.286. The Balaban J connectivity index is 2.05. The van der Waals surface area contributed by atoms with Gasteiger partial charge in [0.1, 0.15) is 5.75 Å². The van der Waals surface area contributed by atoms with Crippen molar-refractivity contribution in [1.82, 2.24) is 15.3 Å². The smallest absolute Gasteiger partial charge is 0.238 e. The Bertz CT molecular complexity index is 534. The molecule has 0 aliphatic heterocycles. The second-order valence-electron chi connectivity index (χ2n) is 4.06. The van der Waals surface area contributed by atoms with Crippen molar-refractivity contribution in [3.05, 3.63) is 47.4 Å². The summed E-state index contributed by atoms with van der Waals surface area (Å²) in [5.41, 5.74) is 0.845. The van der Waals surface area contributed by atoms with Crippen molar-refractivity contribution in [2.24, 2.45) is 0 Å². The summed E-state index contributed by atoms with van der Waals surface area (Å²) in [6.45, 7) is 3.76. The predicted molar refractivity (Wildman–Crippen MR) is 75.6 cm³/mol. The van der Waals surface area contributed by atoms with Crippen LogP contribution in [0.25, 0.3) is 0 Å². The first-order valence-electron chi connectivity index (χ1n) is 6.23. The number of rotatable bonds is 6. The maximum absolute atomic E-state index is 6.03. The molecule has 5 heteroatoms. The number of para-hydroxylation sites is 1. The van der Waals surface area contributed by atoms with Crippen LogP contribution < -0.4 is 10.1 Å². The third-order valence-electron chi connectivity index (χ3n) is 2.45. The third-order valence-corrected chi connectivity index (χ3v) is 2.76. The van der Waals surface area contributed by atoms with E-state index < -0.39 is 0 Å². The highest BCUT2D eigenvalue weighted by Gasteiger charge is 2.04. The molecule has 0 atom stereocenters. The number of benzene rings is 1. The highest BCUT2D eigenvalue weighted by Crippen LogP contribution is 2.27. The molecule has 1 heterocycles. The molecule has 100 valence electrons. The van der Waals surface area contributed by atoms with Gasteiger partial charge in [0.2, 0.25) is 5.88 Å². The number of ether oxygens (including phenoxy) is 1. The molecule has 1 aromatic carbocycles. The number of nitrogens with one attached hydrogen (secondary N) is 1. The van der Waals surface area contributed by atoms with Gasteiger partial charge in [-0.05, 0) is 25.1 Å². The van der Waals surface area contributed by atoms with Crippen LogP contribution in [0, 0.1) is 0 Å². The number of aromatic nitrogens is 2. The van der Waals surface area contributed by atoms with Crippen LogP contribution >= 0.6 is 11.6 Å². The maximum atomic E-state index is 6.03. The zero-order chi connectivity index (χ0) is 13.5. The van der Waals surface area contributed by atoms with Gasteiger partial charge in [0.05, 0.1) is 16.9 Å². The highest BCUT2D eigenvalue weighted by atomic mass is 35.5. The Labute approximate surface area is 117 Å². The molecule has 0 spiro atoms. The second-order valence-corrected chi connectivity index (χ2v) is 4.47. The lowest BCUT2D eigenvalue weighted by Gasteiger charge is -2.07. The largest absolute Gasteiger partial charge is 0.436 e. The second kappa shape index (κ2) is 7.07. The number of hydrogen-bond donors (Lipinski definition) is 1. The summed E-state index contributed by atoms with van der Waals surface area (Å²) in [5, 5.41) is 3.82. The van der Waals surface area contributed by atoms with Gasteiger partial charge < -0.3 is 10.1 Å². The summed E-state index contributed by atoms with van der Waals surface area (Å²) >= 11 is 6.03. The Kier molecular flexibility index (Phi) is 5.12. The van der Waals surface area contributed by atoms with Crippen LogP contribution in [0.15, 0.2) is 36.7 Å². The van der Waals surface area contributed by atoms with Crippen LogP contribution in [0.2, 0.25) is 5.02 Å². The molecule has 19 heavy (non-hydrogen) atoms. The third kappa shape index (κ3) is 4.19. The average Bonchev–Trinajstić information content (AvgIpc) is 2.42. The van der Waals surface area contributed by atoms with Gasteiger partial charge in [-0.3, -0.25) is 4.98 Å². The van der Waals surface area contributed by atoms with Crippen LogP contribution in [0.1, 0.15) is 19.0 Å². The van der Waals surface area contributed by atoms with Crippen LogP contribution in [-0.2, 0) is 6.54 Å². The van der Waals surface area contributed by atoms with E-state index in [1.165, 1.54) is 0 Å². The molecule has 0 aliphatic carbocycles. The fourth-order valence-electron chi connectivity index (χ4n) is 1.55. The average molecular weight is 278 g/mol. The lowest BCUT2D eigenvalue weighted by atomic mass is 10.3. The summed E-state index contributed by atoms with van der Waals surface area (Å²) in [6.07, 6.45) is 4.39. The van der Waals surface area contributed by atoms with E-state index in [2.05, 4.69) is 22.2 Å². The van der Waals surface area contributed by atoms with Crippen molar-refractivity contribution >= 4 is 11.6 Å². The summed E-state index contributed by atoms with van der Waals surface area (Å²) < 4.78 is 5.62. The molecule has 2 aromatic rings. The molecule has 0 amide bonds. The summed E-state index contributed by atoms with van der Waals surface area (Å²) in [5.74, 6) is 1.03. The van der Waals surface area contributed by atoms with Crippen molar-refractivity contribution in [3.8, 4) is 11.6 Å². The van der Waals surface area contributed by atoms with E-state index in [-0.39, 0.29) is 0 Å². The lowest BCUT2D eigenvalue weighted by molar-refractivity contribution is 0.456. The first kappa shape index (κ1) is 13.8. The highest BCUT2D eigenvalue weighted by molar-refractivity contribution is 6.32. The maximum Gasteiger partial charge on any atom is 0.238 e. The minimum absolute atomic E-state index is 0.448. The minimum Gasteiger partial charge on any atom is -0.436 e. The standard InChI is InChI=1S/C14H16ClN3O/c1-2-7-16-8-11-9-17-10-14(18-11)19-13-6-4-3-5-12(13)15/h3-6,9-10,16H,2,7-8H2,1H3. The molecule has 0 fully saturated rings. The van der Waals surface area contributed by atoms with Crippen LogP contribution in [0.4, 0.5) is 0 Å². The fourth-order valence-corrected chi connectivity index (χ4v) is 1.73. The van der Waals surface area contributed by atoms with E-state index in [9.17, 15) is 0 Å². The molecule has 0 saturated heterocycles. The van der Waals surface area contributed by atoms with E-state index in [1.807, 2.05) is 12.1 Å². The SMILES string of the molecule is CCCNCc1cncc(Oc2ccccc2Cl)n1. The van der Waals surface area contributed by atoms with E-state index in [4.69, 9.17) is 16.3 Å². The first-order valence-corrected chi connectivity index (χ1v) is 6.61. The van der Waals surface area contributed by atoms with Crippen molar-refractivity contribution in [2.45, 2.75) is 19.9 Å². The van der Waals surface area contributed by atoms with Gasteiger partial charge in [0.15, 0.2) is 0 Å². The molecular weight excluding hydrogens is 262 g/mol. The van der Waals surface area contributed by atoms with E-state index in [0.29, 0.717) is 23.2 Å². The summed E-state index contributed by atoms with van der Waals surface area (Å²) in [7, 11) is 0. The van der Waals surface area contributed by atoms with Crippen molar-refractivity contribution in [3.63, 3.8) is 0 Å². The van der Waals surface area contributed by atoms with Gasteiger partial charge in [-0.2, -0.15) is 0 Å². The van der Waals surface area contributed by atoms with Gasteiger partial charge in [0, 0.05) is 12.7 Å². The van der Waals surface area contributed by atoms with E-state index >= 15 is 0 Å². The lowest BCUT2D eigenvalue weighted by Crippen LogP contribution is -2.15. The predicted octanol–water partition coefficient (Wildman–Crippen LogP) is 3.42. The van der Waals surface area contributed by atoms with Gasteiger partial charge in [-0.1, -0.05) is 30.7 Å². The quantitative estimate of drug-likeness (QED) is 0.822. The van der Waals surface area contributed by atoms with Gasteiger partial charge in [-0.15, -0.1) is 0 Å². The molecule has 0 aliphatic rings. The molecule has 1 aromatic heterocycles. The van der Waals surface area contributed by atoms with Gasteiger partial charge in [-0.25, -0.2) is 4.98 Å². The van der Waals surface area contributed by atoms with Gasteiger partial charge in [0.25, 0.3) is 0 Å². The number of nitrogens with zero attached hydrogens (tertiary/aromatic N) is 2. The summed E-state index contributed by atoms with van der Waals surface area (Å²) in [4.78, 5) is 8.49. The number of hydrogen-bond acceptors (Lipinski definition) is 4. The zero-order valence-electron chi connectivity index (χ0n) is 10.8. The molecule has 0 unspecified atom stereocenters. The molecule has 0 saturated carbocycles. The molecule has 0 radical (unpaired) electrons. The number of halogens is 1. The molecule has 1 N–H and O–H groups in total. The van der Waals surface area contributed by atoms with Crippen LogP contribution in [-0.4, -0.2) is 16.5 Å². The van der Waals surface area contributed by atoms with Crippen LogP contribution in [0.3, 0.4) is 0 Å². The molecular formula is C14H16ClN3O. The Morgan fingerprint density at radius 3 is 2.89 bits per heavy atom. The van der Waals surface area contributed by atoms with E-state index in [1.54, 1.807) is 24.5 Å². The Morgan fingerprint density at radius 1 is 1.26 bits per heavy atom. The topological polar surface area (TPSA) is 47.0 Å².